The number of carbonyl (C=O) groups is 2. The molecule has 132 valence electrons. The van der Waals surface area contributed by atoms with Gasteiger partial charge in [0.05, 0.1) is 0 Å². The van der Waals surface area contributed by atoms with Gasteiger partial charge in [-0.2, -0.15) is 0 Å². The summed E-state index contributed by atoms with van der Waals surface area (Å²) in [7, 11) is 1.43. The van der Waals surface area contributed by atoms with Crippen molar-refractivity contribution < 1.29 is 19.4 Å². The predicted octanol–water partition coefficient (Wildman–Crippen LogP) is 3.37. The molecule has 0 spiro atoms. The van der Waals surface area contributed by atoms with Gasteiger partial charge in [0.2, 0.25) is 17.2 Å². The van der Waals surface area contributed by atoms with Gasteiger partial charge in [-0.1, -0.05) is 72.8 Å². The second-order valence-electron chi connectivity index (χ2n) is 6.89. The maximum atomic E-state index is 13.3. The Hall–Kier alpha value is -3.08. The summed E-state index contributed by atoms with van der Waals surface area (Å²) in [6.07, 6.45) is 0. The Morgan fingerprint density at radius 2 is 1.04 bits per heavy atom. The van der Waals surface area contributed by atoms with Crippen LogP contribution >= 0.6 is 0 Å². The molecule has 2 aliphatic carbocycles. The fourth-order valence-electron chi connectivity index (χ4n) is 4.64. The molecule has 0 saturated carbocycles. The zero-order chi connectivity index (χ0) is 18.8. The van der Waals surface area contributed by atoms with Crippen LogP contribution in [-0.2, 0) is 10.3 Å². The van der Waals surface area contributed by atoms with E-state index < -0.39 is 22.8 Å². The average Bonchev–Trinajstić information content (AvgIpc) is 3.13. The third-order valence-corrected chi connectivity index (χ3v) is 5.79. The van der Waals surface area contributed by atoms with E-state index >= 15 is 0 Å². The smallest absolute Gasteiger partial charge is 0.228 e. The van der Waals surface area contributed by atoms with Gasteiger partial charge in [0.15, 0.2) is 5.60 Å². The molecule has 0 atom stereocenters. The van der Waals surface area contributed by atoms with E-state index in [1.54, 1.807) is 36.4 Å². The Morgan fingerprint density at radius 3 is 1.44 bits per heavy atom. The normalized spacial score (nSPS) is 18.1. The maximum Gasteiger partial charge on any atom is 0.228 e. The summed E-state index contributed by atoms with van der Waals surface area (Å²) in [5, 5.41) is 11.8. The molecule has 5 rings (SSSR count). The summed E-state index contributed by atoms with van der Waals surface area (Å²) in [6, 6.07) is 21.4. The number of hydrogen-bond donors (Lipinski definition) is 1. The van der Waals surface area contributed by atoms with Crippen molar-refractivity contribution in [1.82, 2.24) is 0 Å². The number of fused-ring (bicyclic) bond motifs is 4. The Balaban J connectivity index is 1.89. The molecule has 0 aromatic heterocycles. The van der Waals surface area contributed by atoms with Gasteiger partial charge >= 0.3 is 0 Å². The highest BCUT2D eigenvalue weighted by molar-refractivity contribution is 6.33. The van der Waals surface area contributed by atoms with Crippen LogP contribution < -0.4 is 0 Å². The minimum absolute atomic E-state index is 0.225. The summed E-state index contributed by atoms with van der Waals surface area (Å²) in [5.74, 6) is -1.26. The first-order chi connectivity index (χ1) is 13.1. The van der Waals surface area contributed by atoms with Crippen LogP contribution in [-0.4, -0.2) is 29.4 Å². The van der Waals surface area contributed by atoms with E-state index in [0.29, 0.717) is 11.1 Å². The first-order valence-corrected chi connectivity index (χ1v) is 8.73. The molecule has 0 radical (unpaired) electrons. The van der Waals surface area contributed by atoms with Crippen molar-refractivity contribution >= 4 is 11.6 Å². The number of carbonyl (C=O) groups excluding carboxylic acids is 2. The summed E-state index contributed by atoms with van der Waals surface area (Å²) in [6.45, 7) is 0. The van der Waals surface area contributed by atoms with Crippen molar-refractivity contribution in [2.75, 3.05) is 7.11 Å². The van der Waals surface area contributed by atoms with Crippen molar-refractivity contribution in [3.63, 3.8) is 0 Å². The maximum absolute atomic E-state index is 13.3. The molecular formula is C23H16O4. The second-order valence-corrected chi connectivity index (χ2v) is 6.89. The van der Waals surface area contributed by atoms with E-state index in [4.69, 9.17) is 4.74 Å². The molecule has 0 unspecified atom stereocenters. The zero-order valence-corrected chi connectivity index (χ0v) is 14.6. The van der Waals surface area contributed by atoms with E-state index in [0.717, 1.165) is 11.1 Å². The highest BCUT2D eigenvalue weighted by atomic mass is 16.5. The van der Waals surface area contributed by atoms with Crippen LogP contribution in [0.15, 0.2) is 72.8 Å². The van der Waals surface area contributed by atoms with Gasteiger partial charge in [0.1, 0.15) is 0 Å². The average molecular weight is 356 g/mol. The molecule has 4 nitrogen and oxygen atoms in total. The van der Waals surface area contributed by atoms with E-state index in [1.165, 1.54) is 7.11 Å². The highest BCUT2D eigenvalue weighted by Gasteiger charge is 2.69. The highest BCUT2D eigenvalue weighted by Crippen LogP contribution is 2.57. The molecule has 4 heteroatoms. The molecule has 0 aliphatic heterocycles. The monoisotopic (exact) mass is 356 g/mol. The van der Waals surface area contributed by atoms with Gasteiger partial charge < -0.3 is 9.84 Å². The lowest BCUT2D eigenvalue weighted by atomic mass is 9.72. The summed E-state index contributed by atoms with van der Waals surface area (Å²) in [4.78, 5) is 26.7. The van der Waals surface area contributed by atoms with Crippen LogP contribution in [0.2, 0.25) is 0 Å². The van der Waals surface area contributed by atoms with Gasteiger partial charge in [-0.25, -0.2) is 0 Å². The number of rotatable bonds is 2. The topological polar surface area (TPSA) is 63.6 Å². The van der Waals surface area contributed by atoms with Gasteiger partial charge in [-0.15, -0.1) is 0 Å². The van der Waals surface area contributed by atoms with E-state index in [1.807, 2.05) is 36.4 Å². The van der Waals surface area contributed by atoms with Crippen LogP contribution in [0.3, 0.4) is 0 Å². The molecule has 2 aliphatic rings. The molecule has 27 heavy (non-hydrogen) atoms. The number of ether oxygens (including phenoxy) is 1. The number of aliphatic hydroxyl groups is 1. The minimum atomic E-state index is -2.37. The SMILES string of the molecule is COC1(C2(O)C(=O)c3ccccc3C2=O)c2ccccc2-c2ccccc21. The predicted molar refractivity (Wildman–Crippen MR) is 99.7 cm³/mol. The Bertz CT molecular complexity index is 1050. The molecule has 0 saturated heterocycles. The number of ketones is 2. The summed E-state index contributed by atoms with van der Waals surface area (Å²) in [5.41, 5.74) is -0.593. The third-order valence-electron chi connectivity index (χ3n) is 5.79. The van der Waals surface area contributed by atoms with E-state index in [-0.39, 0.29) is 11.1 Å². The molecular weight excluding hydrogens is 340 g/mol. The van der Waals surface area contributed by atoms with Crippen molar-refractivity contribution in [3.05, 3.63) is 95.1 Å². The molecule has 1 N–H and O–H groups in total. The zero-order valence-electron chi connectivity index (χ0n) is 14.6. The van der Waals surface area contributed by atoms with Gasteiger partial charge in [0, 0.05) is 29.4 Å². The van der Waals surface area contributed by atoms with Crippen molar-refractivity contribution in [1.29, 1.82) is 0 Å². The van der Waals surface area contributed by atoms with Crippen LogP contribution in [0, 0.1) is 0 Å². The standard InChI is InChI=1S/C23H16O4/c1-27-23(22(26)20(24)16-10-2-3-11-17(16)21(22)25)18-12-6-4-8-14(18)15-9-5-7-13-19(15)23/h2-13,26H,1H3. The third kappa shape index (κ3) is 1.65. The Kier molecular flexibility index (Phi) is 3.12. The number of methoxy groups -OCH3 is 1. The number of benzene rings is 3. The lowest BCUT2D eigenvalue weighted by Gasteiger charge is -2.40. The van der Waals surface area contributed by atoms with E-state index in [9.17, 15) is 14.7 Å². The van der Waals surface area contributed by atoms with Crippen LogP contribution in [0.25, 0.3) is 11.1 Å². The van der Waals surface area contributed by atoms with Gasteiger partial charge in [0.25, 0.3) is 0 Å². The number of hydrogen-bond acceptors (Lipinski definition) is 4. The number of Topliss-reactive ketones (excluding diaryl/α,β-unsaturated/α-hetero) is 2. The largest absolute Gasteiger partial charge is 0.371 e. The van der Waals surface area contributed by atoms with Gasteiger partial charge in [-0.3, -0.25) is 9.59 Å². The van der Waals surface area contributed by atoms with Crippen LogP contribution in [0.1, 0.15) is 31.8 Å². The lowest BCUT2D eigenvalue weighted by Crippen LogP contribution is -2.60. The molecule has 0 fully saturated rings. The summed E-state index contributed by atoms with van der Waals surface area (Å²) < 4.78 is 5.92. The van der Waals surface area contributed by atoms with Crippen LogP contribution in [0.5, 0.6) is 0 Å². The summed E-state index contributed by atoms with van der Waals surface area (Å²) >= 11 is 0. The fraction of sp³-hybridized carbons (Fsp3) is 0.130. The van der Waals surface area contributed by atoms with Crippen molar-refractivity contribution in [2.24, 2.45) is 0 Å². The quantitative estimate of drug-likeness (QED) is 0.715. The molecule has 0 bridgehead atoms. The van der Waals surface area contributed by atoms with Gasteiger partial charge in [-0.05, 0) is 11.1 Å². The van der Waals surface area contributed by atoms with Crippen molar-refractivity contribution in [3.8, 4) is 11.1 Å². The minimum Gasteiger partial charge on any atom is -0.371 e. The molecule has 3 aromatic rings. The van der Waals surface area contributed by atoms with Crippen molar-refractivity contribution in [2.45, 2.75) is 11.2 Å². The second kappa shape index (κ2) is 5.22. The lowest BCUT2D eigenvalue weighted by molar-refractivity contribution is -0.101. The first kappa shape index (κ1) is 16.1. The van der Waals surface area contributed by atoms with Crippen LogP contribution in [0.4, 0.5) is 0 Å². The molecule has 0 amide bonds. The Morgan fingerprint density at radius 1 is 0.667 bits per heavy atom. The fourth-order valence-corrected chi connectivity index (χ4v) is 4.64. The van der Waals surface area contributed by atoms with E-state index in [2.05, 4.69) is 0 Å². The first-order valence-electron chi connectivity index (χ1n) is 8.73. The Labute approximate surface area is 156 Å². The molecule has 0 heterocycles. The molecule has 3 aromatic carbocycles.